The average molecular weight is 338 g/mol. The van der Waals surface area contributed by atoms with Crippen LogP contribution in [0.2, 0.25) is 0 Å². The Morgan fingerprint density at radius 3 is 2.56 bits per heavy atom. The van der Waals surface area contributed by atoms with Crippen molar-refractivity contribution in [2.45, 2.75) is 6.92 Å². The number of aromatic amines is 1. The molecule has 0 aliphatic heterocycles. The van der Waals surface area contributed by atoms with E-state index in [0.717, 1.165) is 40.4 Å². The number of nitrogen functional groups attached to an aromatic ring is 1. The molecule has 3 aromatic heterocycles. The van der Waals surface area contributed by atoms with Crippen molar-refractivity contribution >= 4 is 11.6 Å². The molecule has 0 aliphatic rings. The molecule has 0 spiro atoms. The number of methoxy groups -OCH3 is 1. The summed E-state index contributed by atoms with van der Waals surface area (Å²) < 4.78 is 5.07. The van der Waals surface area contributed by atoms with Crippen LogP contribution >= 0.6 is 0 Å². The predicted molar refractivity (Wildman–Crippen MR) is 99.3 cm³/mol. The van der Waals surface area contributed by atoms with Gasteiger partial charge in [-0.1, -0.05) is 0 Å². The molecule has 3 rings (SSSR count). The molecule has 7 nitrogen and oxygen atoms in total. The molecule has 0 aromatic carbocycles. The van der Waals surface area contributed by atoms with Crippen LogP contribution in [0, 0.1) is 6.92 Å². The Morgan fingerprint density at radius 2 is 1.92 bits per heavy atom. The van der Waals surface area contributed by atoms with Gasteiger partial charge in [0.15, 0.2) is 0 Å². The summed E-state index contributed by atoms with van der Waals surface area (Å²) in [5.41, 5.74) is 11.3. The molecule has 0 saturated carbocycles. The minimum Gasteiger partial charge on any atom is -0.397 e. The van der Waals surface area contributed by atoms with Crippen molar-refractivity contribution in [2.75, 3.05) is 37.9 Å². The standard InChI is InChI=1S/C18H22N6O/c1-12-15(19)9-17(23-12)13-4-5-20-16(8-13)14-10-21-18(22-11-14)24(2)6-7-25-3/h4-5,8-11,23H,6-7,19H2,1-3H3. The molecule has 25 heavy (non-hydrogen) atoms. The molecule has 0 amide bonds. The van der Waals surface area contributed by atoms with Crippen LogP contribution in [-0.2, 0) is 4.74 Å². The SMILES string of the molecule is COCCN(C)c1ncc(-c2cc(-c3cc(N)c(C)[nH]3)ccn2)cn1. The predicted octanol–water partition coefficient (Wildman–Crippen LogP) is 2.51. The summed E-state index contributed by atoms with van der Waals surface area (Å²) >= 11 is 0. The van der Waals surface area contributed by atoms with Crippen molar-refractivity contribution in [1.29, 1.82) is 0 Å². The lowest BCUT2D eigenvalue weighted by atomic mass is 10.1. The first-order chi connectivity index (χ1) is 12.1. The van der Waals surface area contributed by atoms with Gasteiger partial charge in [-0.2, -0.15) is 0 Å². The van der Waals surface area contributed by atoms with Crippen LogP contribution in [0.3, 0.4) is 0 Å². The molecule has 0 saturated heterocycles. The zero-order chi connectivity index (χ0) is 17.8. The fourth-order valence-corrected chi connectivity index (χ4v) is 2.46. The fraction of sp³-hybridized carbons (Fsp3) is 0.278. The summed E-state index contributed by atoms with van der Waals surface area (Å²) in [7, 11) is 3.61. The second-order valence-corrected chi connectivity index (χ2v) is 5.88. The number of anilines is 2. The lowest BCUT2D eigenvalue weighted by Gasteiger charge is -2.16. The van der Waals surface area contributed by atoms with E-state index in [1.54, 1.807) is 25.7 Å². The van der Waals surface area contributed by atoms with Gasteiger partial charge < -0.3 is 20.4 Å². The van der Waals surface area contributed by atoms with Crippen molar-refractivity contribution in [3.63, 3.8) is 0 Å². The second-order valence-electron chi connectivity index (χ2n) is 5.88. The quantitative estimate of drug-likeness (QED) is 0.717. The van der Waals surface area contributed by atoms with Crippen LogP contribution in [0.1, 0.15) is 5.69 Å². The van der Waals surface area contributed by atoms with Crippen molar-refractivity contribution in [1.82, 2.24) is 19.9 Å². The fourth-order valence-electron chi connectivity index (χ4n) is 2.46. The zero-order valence-electron chi connectivity index (χ0n) is 14.7. The topological polar surface area (TPSA) is 92.9 Å². The lowest BCUT2D eigenvalue weighted by Crippen LogP contribution is -2.23. The first-order valence-electron chi connectivity index (χ1n) is 8.02. The van der Waals surface area contributed by atoms with Crippen LogP contribution < -0.4 is 10.6 Å². The maximum absolute atomic E-state index is 5.93. The number of ether oxygens (including phenoxy) is 1. The second kappa shape index (κ2) is 7.31. The highest BCUT2D eigenvalue weighted by Gasteiger charge is 2.09. The molecule has 3 N–H and O–H groups in total. The van der Waals surface area contributed by atoms with Gasteiger partial charge in [-0.05, 0) is 25.1 Å². The number of aromatic nitrogens is 4. The van der Waals surface area contributed by atoms with Crippen molar-refractivity contribution in [3.8, 4) is 22.5 Å². The Kier molecular flexibility index (Phi) is 4.95. The molecule has 0 fully saturated rings. The summed E-state index contributed by atoms with van der Waals surface area (Å²) in [4.78, 5) is 18.5. The van der Waals surface area contributed by atoms with Crippen LogP contribution in [0.4, 0.5) is 11.6 Å². The summed E-state index contributed by atoms with van der Waals surface area (Å²) in [5, 5.41) is 0. The minimum atomic E-state index is 0.629. The number of aryl methyl sites for hydroxylation is 1. The molecule has 0 unspecified atom stereocenters. The number of nitrogens with zero attached hydrogens (tertiary/aromatic N) is 4. The van der Waals surface area contributed by atoms with Gasteiger partial charge in [0.2, 0.25) is 5.95 Å². The number of likely N-dealkylation sites (N-methyl/N-ethyl adjacent to an activating group) is 1. The number of nitrogens with one attached hydrogen (secondary N) is 1. The van der Waals surface area contributed by atoms with Crippen molar-refractivity contribution < 1.29 is 4.74 Å². The summed E-state index contributed by atoms with van der Waals surface area (Å²) in [6.45, 7) is 3.31. The van der Waals surface area contributed by atoms with Crippen LogP contribution in [-0.4, -0.2) is 47.2 Å². The Hall–Kier alpha value is -2.93. The van der Waals surface area contributed by atoms with Crippen LogP contribution in [0.25, 0.3) is 22.5 Å². The molecule has 7 heteroatoms. The molecule has 0 aliphatic carbocycles. The van der Waals surface area contributed by atoms with E-state index < -0.39 is 0 Å². The average Bonchev–Trinajstić information content (AvgIpc) is 2.99. The monoisotopic (exact) mass is 338 g/mol. The van der Waals surface area contributed by atoms with E-state index in [2.05, 4.69) is 19.9 Å². The van der Waals surface area contributed by atoms with Gasteiger partial charge in [-0.25, -0.2) is 9.97 Å². The van der Waals surface area contributed by atoms with Gasteiger partial charge in [0.1, 0.15) is 0 Å². The highest BCUT2D eigenvalue weighted by molar-refractivity contribution is 5.71. The van der Waals surface area contributed by atoms with E-state index in [1.165, 1.54) is 0 Å². The first kappa shape index (κ1) is 16.9. The molecular formula is C18H22N6O. The van der Waals surface area contributed by atoms with Crippen LogP contribution in [0.5, 0.6) is 0 Å². The number of H-pyrrole nitrogens is 1. The van der Waals surface area contributed by atoms with E-state index in [4.69, 9.17) is 10.5 Å². The van der Waals surface area contributed by atoms with Gasteiger partial charge in [0.25, 0.3) is 0 Å². The van der Waals surface area contributed by atoms with E-state index in [9.17, 15) is 0 Å². The number of nitrogens with two attached hydrogens (primary N) is 1. The number of hydrogen-bond donors (Lipinski definition) is 2. The molecule has 0 bridgehead atoms. The molecule has 130 valence electrons. The maximum atomic E-state index is 5.93. The Morgan fingerprint density at radius 1 is 1.16 bits per heavy atom. The van der Waals surface area contributed by atoms with Gasteiger partial charge in [-0.3, -0.25) is 4.98 Å². The molecular weight excluding hydrogens is 316 g/mol. The third kappa shape index (κ3) is 3.77. The largest absolute Gasteiger partial charge is 0.397 e. The van der Waals surface area contributed by atoms with Gasteiger partial charge in [0, 0.05) is 61.8 Å². The van der Waals surface area contributed by atoms with Gasteiger partial charge in [-0.15, -0.1) is 0 Å². The zero-order valence-corrected chi connectivity index (χ0v) is 14.7. The molecule has 3 heterocycles. The highest BCUT2D eigenvalue weighted by Crippen LogP contribution is 2.26. The van der Waals surface area contributed by atoms with Crippen LogP contribution in [0.15, 0.2) is 36.8 Å². The first-order valence-corrected chi connectivity index (χ1v) is 8.02. The van der Waals surface area contributed by atoms with Crippen molar-refractivity contribution in [2.24, 2.45) is 0 Å². The van der Waals surface area contributed by atoms with E-state index in [1.807, 2.05) is 37.1 Å². The summed E-state index contributed by atoms with van der Waals surface area (Å²) in [6.07, 6.45) is 5.34. The number of pyridine rings is 1. The van der Waals surface area contributed by atoms with E-state index in [-0.39, 0.29) is 0 Å². The third-order valence-corrected chi connectivity index (χ3v) is 4.03. The molecule has 3 aromatic rings. The smallest absolute Gasteiger partial charge is 0.225 e. The molecule has 0 radical (unpaired) electrons. The van der Waals surface area contributed by atoms with E-state index in [0.29, 0.717) is 12.6 Å². The number of rotatable bonds is 6. The molecule has 0 atom stereocenters. The van der Waals surface area contributed by atoms with E-state index >= 15 is 0 Å². The Balaban J connectivity index is 1.83. The van der Waals surface area contributed by atoms with Crippen molar-refractivity contribution in [3.05, 3.63) is 42.5 Å². The lowest BCUT2D eigenvalue weighted by molar-refractivity contribution is 0.206. The highest BCUT2D eigenvalue weighted by atomic mass is 16.5. The van der Waals surface area contributed by atoms with Gasteiger partial charge in [0.05, 0.1) is 18.0 Å². The summed E-state index contributed by atoms with van der Waals surface area (Å²) in [5.74, 6) is 0.657. The normalized spacial score (nSPS) is 10.8. The Bertz CT molecular complexity index is 824. The number of hydrogen-bond acceptors (Lipinski definition) is 6. The maximum Gasteiger partial charge on any atom is 0.225 e. The Labute approximate surface area is 146 Å². The summed E-state index contributed by atoms with van der Waals surface area (Å²) in [6, 6.07) is 5.87. The minimum absolute atomic E-state index is 0.629. The third-order valence-electron chi connectivity index (χ3n) is 4.03. The van der Waals surface area contributed by atoms with Gasteiger partial charge >= 0.3 is 0 Å².